The second-order valence-electron chi connectivity index (χ2n) is 4.15. The number of rotatable bonds is 5. The van der Waals surface area contributed by atoms with Crippen LogP contribution in [-0.2, 0) is 0 Å². The largest absolute Gasteiger partial charge is 0.317 e. The van der Waals surface area contributed by atoms with E-state index in [2.05, 4.69) is 12.2 Å². The quantitative estimate of drug-likeness (QED) is 0.542. The smallest absolute Gasteiger partial charge is 0.206 e. The molecule has 0 aliphatic carbocycles. The molecule has 0 spiro atoms. The number of nitro groups is 1. The summed E-state index contributed by atoms with van der Waals surface area (Å²) in [6.07, 6.45) is 4.28. The van der Waals surface area contributed by atoms with Crippen molar-refractivity contribution in [1.29, 1.82) is 0 Å². The van der Waals surface area contributed by atoms with Crippen LogP contribution in [0.4, 0.5) is 0 Å². The van der Waals surface area contributed by atoms with Crippen LogP contribution in [0.5, 0.6) is 0 Å². The van der Waals surface area contributed by atoms with Crippen molar-refractivity contribution in [2.45, 2.75) is 32.6 Å². The zero-order chi connectivity index (χ0) is 10.4. The normalized spacial score (nSPS) is 20.6. The fraction of sp³-hybridized carbons (Fsp3) is 1.00. The molecule has 0 saturated carbocycles. The molecule has 0 bridgehead atoms. The summed E-state index contributed by atoms with van der Waals surface area (Å²) in [4.78, 5) is 10.4. The Hall–Kier alpha value is -0.640. The maximum atomic E-state index is 10.5. The molecule has 1 unspecified atom stereocenters. The van der Waals surface area contributed by atoms with E-state index in [1.54, 1.807) is 0 Å². The van der Waals surface area contributed by atoms with E-state index < -0.39 is 0 Å². The van der Waals surface area contributed by atoms with Gasteiger partial charge in [0.2, 0.25) is 6.54 Å². The van der Waals surface area contributed by atoms with Crippen molar-refractivity contribution < 1.29 is 4.92 Å². The van der Waals surface area contributed by atoms with Gasteiger partial charge in [0.15, 0.2) is 0 Å². The highest BCUT2D eigenvalue weighted by Crippen LogP contribution is 2.25. The second-order valence-corrected chi connectivity index (χ2v) is 4.15. The second kappa shape index (κ2) is 5.96. The van der Waals surface area contributed by atoms with Gasteiger partial charge in [0, 0.05) is 10.8 Å². The lowest BCUT2D eigenvalue weighted by atomic mass is 9.82. The number of hydrogen-bond acceptors (Lipinski definition) is 3. The van der Waals surface area contributed by atoms with Crippen molar-refractivity contribution in [3.8, 4) is 0 Å². The minimum absolute atomic E-state index is 0.150. The van der Waals surface area contributed by atoms with E-state index in [0.29, 0.717) is 11.8 Å². The lowest BCUT2D eigenvalue weighted by molar-refractivity contribution is -0.490. The maximum Gasteiger partial charge on any atom is 0.206 e. The van der Waals surface area contributed by atoms with Crippen molar-refractivity contribution >= 4 is 0 Å². The van der Waals surface area contributed by atoms with Crippen LogP contribution in [0.15, 0.2) is 0 Å². The molecule has 0 amide bonds. The Labute approximate surface area is 85.2 Å². The van der Waals surface area contributed by atoms with Crippen LogP contribution in [0.1, 0.15) is 32.6 Å². The topological polar surface area (TPSA) is 55.2 Å². The Kier molecular flexibility index (Phi) is 4.87. The molecule has 0 radical (unpaired) electrons. The van der Waals surface area contributed by atoms with Crippen LogP contribution in [0.25, 0.3) is 0 Å². The summed E-state index contributed by atoms with van der Waals surface area (Å²) in [6, 6.07) is 0. The zero-order valence-electron chi connectivity index (χ0n) is 8.87. The summed E-state index contributed by atoms with van der Waals surface area (Å²) in [5.74, 6) is 0.874. The third kappa shape index (κ3) is 3.62. The summed E-state index contributed by atoms with van der Waals surface area (Å²) >= 11 is 0. The highest BCUT2D eigenvalue weighted by molar-refractivity contribution is 4.75. The molecule has 14 heavy (non-hydrogen) atoms. The van der Waals surface area contributed by atoms with E-state index in [4.69, 9.17) is 0 Å². The molecule has 0 aromatic heterocycles. The Balaban J connectivity index is 2.42. The molecule has 4 heteroatoms. The van der Waals surface area contributed by atoms with Crippen molar-refractivity contribution in [1.82, 2.24) is 5.32 Å². The molecule has 1 heterocycles. The molecular weight excluding hydrogens is 180 g/mol. The molecule has 1 aliphatic heterocycles. The lowest BCUT2D eigenvalue weighted by Crippen LogP contribution is -2.34. The van der Waals surface area contributed by atoms with Crippen LogP contribution in [0.3, 0.4) is 0 Å². The predicted octanol–water partition coefficient (Wildman–Crippen LogP) is 1.68. The van der Waals surface area contributed by atoms with Gasteiger partial charge in [-0.1, -0.05) is 13.3 Å². The van der Waals surface area contributed by atoms with E-state index >= 15 is 0 Å². The molecule has 1 atom stereocenters. The summed E-state index contributed by atoms with van der Waals surface area (Å²) in [6.45, 7) is 4.33. The van der Waals surface area contributed by atoms with Gasteiger partial charge in [-0.2, -0.15) is 0 Å². The Morgan fingerprint density at radius 1 is 1.50 bits per heavy atom. The van der Waals surface area contributed by atoms with Crippen LogP contribution in [0, 0.1) is 22.0 Å². The molecule has 1 fully saturated rings. The number of hydrogen-bond donors (Lipinski definition) is 1. The van der Waals surface area contributed by atoms with E-state index in [9.17, 15) is 10.1 Å². The van der Waals surface area contributed by atoms with Gasteiger partial charge >= 0.3 is 0 Å². The summed E-state index contributed by atoms with van der Waals surface area (Å²) < 4.78 is 0. The maximum absolute atomic E-state index is 10.5. The summed E-state index contributed by atoms with van der Waals surface area (Å²) in [5.41, 5.74) is 0. The standard InChI is InChI=1S/C10H20N2O2/c1-2-3-10(8-12(13)14)9-4-6-11-7-5-9/h9-11H,2-8H2,1H3. The lowest BCUT2D eigenvalue weighted by Gasteiger charge is -2.28. The molecular formula is C10H20N2O2. The van der Waals surface area contributed by atoms with Gasteiger partial charge in [-0.3, -0.25) is 10.1 Å². The van der Waals surface area contributed by atoms with Gasteiger partial charge in [-0.25, -0.2) is 0 Å². The van der Waals surface area contributed by atoms with Crippen molar-refractivity contribution in [2.75, 3.05) is 19.6 Å². The van der Waals surface area contributed by atoms with Gasteiger partial charge in [0.05, 0.1) is 0 Å². The molecule has 1 saturated heterocycles. The fourth-order valence-electron chi connectivity index (χ4n) is 2.35. The van der Waals surface area contributed by atoms with Crippen LogP contribution < -0.4 is 5.32 Å². The van der Waals surface area contributed by atoms with Crippen molar-refractivity contribution in [3.63, 3.8) is 0 Å². The number of nitrogens with zero attached hydrogens (tertiary/aromatic N) is 1. The van der Waals surface area contributed by atoms with E-state index in [1.165, 1.54) is 0 Å². The Morgan fingerprint density at radius 3 is 2.64 bits per heavy atom. The molecule has 1 aliphatic rings. The van der Waals surface area contributed by atoms with Crippen LogP contribution in [0.2, 0.25) is 0 Å². The molecule has 0 aromatic carbocycles. The first-order valence-corrected chi connectivity index (χ1v) is 5.56. The monoisotopic (exact) mass is 200 g/mol. The Bertz CT molecular complexity index is 179. The fourth-order valence-corrected chi connectivity index (χ4v) is 2.35. The first-order valence-electron chi connectivity index (χ1n) is 5.56. The molecule has 82 valence electrons. The average molecular weight is 200 g/mol. The number of nitrogens with one attached hydrogen (secondary N) is 1. The van der Waals surface area contributed by atoms with Gasteiger partial charge in [0.25, 0.3) is 0 Å². The highest BCUT2D eigenvalue weighted by atomic mass is 16.6. The minimum atomic E-state index is -0.150. The van der Waals surface area contributed by atoms with E-state index in [-0.39, 0.29) is 11.5 Å². The molecule has 4 nitrogen and oxygen atoms in total. The third-order valence-electron chi connectivity index (χ3n) is 3.09. The zero-order valence-corrected chi connectivity index (χ0v) is 8.87. The van der Waals surface area contributed by atoms with Gasteiger partial charge < -0.3 is 5.32 Å². The van der Waals surface area contributed by atoms with E-state index in [0.717, 1.165) is 38.8 Å². The van der Waals surface area contributed by atoms with Gasteiger partial charge in [-0.05, 0) is 38.3 Å². The average Bonchev–Trinajstić information content (AvgIpc) is 2.18. The highest BCUT2D eigenvalue weighted by Gasteiger charge is 2.26. The number of piperidine rings is 1. The van der Waals surface area contributed by atoms with Gasteiger partial charge in [0.1, 0.15) is 0 Å². The van der Waals surface area contributed by atoms with Crippen LogP contribution >= 0.6 is 0 Å². The molecule has 0 aromatic rings. The van der Waals surface area contributed by atoms with Gasteiger partial charge in [-0.15, -0.1) is 0 Å². The van der Waals surface area contributed by atoms with Crippen LogP contribution in [-0.4, -0.2) is 24.6 Å². The third-order valence-corrected chi connectivity index (χ3v) is 3.09. The van der Waals surface area contributed by atoms with E-state index in [1.807, 2.05) is 0 Å². The minimum Gasteiger partial charge on any atom is -0.317 e. The Morgan fingerprint density at radius 2 is 2.14 bits per heavy atom. The summed E-state index contributed by atoms with van der Waals surface area (Å²) in [5, 5.41) is 13.8. The first-order chi connectivity index (χ1) is 6.74. The molecule has 1 rings (SSSR count). The molecule has 1 N–H and O–H groups in total. The summed E-state index contributed by atoms with van der Waals surface area (Å²) in [7, 11) is 0. The first kappa shape index (κ1) is 11.4. The predicted molar refractivity (Wildman–Crippen MR) is 55.9 cm³/mol. The van der Waals surface area contributed by atoms with Crippen molar-refractivity contribution in [3.05, 3.63) is 10.1 Å². The van der Waals surface area contributed by atoms with Crippen molar-refractivity contribution in [2.24, 2.45) is 11.8 Å². The SMILES string of the molecule is CCCC(C[N+](=O)[O-])C1CCNCC1.